The zero-order valence-electron chi connectivity index (χ0n) is 7.05. The fraction of sp³-hybridized carbons (Fsp3) is 0.857. The molecule has 0 spiro atoms. The van der Waals surface area contributed by atoms with E-state index in [9.17, 15) is 4.79 Å². The van der Waals surface area contributed by atoms with Crippen molar-refractivity contribution in [2.45, 2.75) is 25.0 Å². The smallest absolute Gasteiger partial charge is 0.235 e. The predicted octanol–water partition coefficient (Wildman–Crippen LogP) is -1.90. The van der Waals surface area contributed by atoms with Crippen molar-refractivity contribution < 1.29 is 4.79 Å². The van der Waals surface area contributed by atoms with Gasteiger partial charge < -0.3 is 16.8 Å². The number of amides is 1. The molecule has 1 saturated heterocycles. The summed E-state index contributed by atoms with van der Waals surface area (Å²) in [5.41, 5.74) is 11.1. The van der Waals surface area contributed by atoms with Gasteiger partial charge in [-0.3, -0.25) is 10.1 Å². The summed E-state index contributed by atoms with van der Waals surface area (Å²) >= 11 is 0. The van der Waals surface area contributed by atoms with Crippen molar-refractivity contribution >= 4 is 5.91 Å². The van der Waals surface area contributed by atoms with Gasteiger partial charge in [0.25, 0.3) is 0 Å². The summed E-state index contributed by atoms with van der Waals surface area (Å²) in [7, 11) is 0. The van der Waals surface area contributed by atoms with Crippen molar-refractivity contribution in [2.24, 2.45) is 11.5 Å². The summed E-state index contributed by atoms with van der Waals surface area (Å²) in [6.45, 7) is 1.00. The molecule has 1 fully saturated rings. The molecule has 70 valence electrons. The van der Waals surface area contributed by atoms with Crippen LogP contribution < -0.4 is 22.1 Å². The Kier molecular flexibility index (Phi) is 3.46. The topological polar surface area (TPSA) is 93.2 Å². The van der Waals surface area contributed by atoms with Crippen LogP contribution in [0.15, 0.2) is 0 Å². The van der Waals surface area contributed by atoms with Crippen LogP contribution in [0.2, 0.25) is 0 Å². The van der Waals surface area contributed by atoms with Crippen molar-refractivity contribution in [2.75, 3.05) is 13.1 Å². The highest BCUT2D eigenvalue weighted by molar-refractivity contribution is 5.80. The van der Waals surface area contributed by atoms with E-state index in [4.69, 9.17) is 11.5 Å². The van der Waals surface area contributed by atoms with Crippen molar-refractivity contribution in [1.82, 2.24) is 10.6 Å². The molecule has 6 N–H and O–H groups in total. The lowest BCUT2D eigenvalue weighted by molar-refractivity contribution is -0.118. The summed E-state index contributed by atoms with van der Waals surface area (Å²) in [6.07, 6.45) is 1.59. The van der Waals surface area contributed by atoms with Crippen LogP contribution in [0, 0.1) is 0 Å². The number of carbonyl (C=O) groups is 1. The van der Waals surface area contributed by atoms with Crippen LogP contribution >= 0.6 is 0 Å². The van der Waals surface area contributed by atoms with Gasteiger partial charge in [-0.05, 0) is 19.4 Å². The normalized spacial score (nSPS) is 25.5. The van der Waals surface area contributed by atoms with Crippen molar-refractivity contribution in [3.8, 4) is 0 Å². The molecule has 1 heterocycles. The lowest BCUT2D eigenvalue weighted by Crippen LogP contribution is -2.39. The van der Waals surface area contributed by atoms with Crippen LogP contribution in [0.5, 0.6) is 0 Å². The number of carbonyl (C=O) groups excluding carboxylic acids is 1. The van der Waals surface area contributed by atoms with Gasteiger partial charge in [-0.1, -0.05) is 0 Å². The van der Waals surface area contributed by atoms with Crippen molar-refractivity contribution in [3.05, 3.63) is 0 Å². The maximum absolute atomic E-state index is 10.8. The molecule has 1 amide bonds. The summed E-state index contributed by atoms with van der Waals surface area (Å²) in [6, 6.07) is 0.0749. The minimum absolute atomic E-state index is 0.0408. The largest absolute Gasteiger partial charge is 0.340 e. The molecule has 5 nitrogen and oxygen atoms in total. The highest BCUT2D eigenvalue weighted by Gasteiger charge is 2.21. The molecule has 2 atom stereocenters. The van der Waals surface area contributed by atoms with Crippen molar-refractivity contribution in [3.63, 3.8) is 0 Å². The Hall–Kier alpha value is -0.650. The zero-order valence-corrected chi connectivity index (χ0v) is 7.05. The fourth-order valence-corrected chi connectivity index (χ4v) is 1.29. The Bertz CT molecular complexity index is 161. The van der Waals surface area contributed by atoms with Crippen LogP contribution in [0.4, 0.5) is 0 Å². The molecule has 2 unspecified atom stereocenters. The number of nitrogens with two attached hydrogens (primary N) is 2. The van der Waals surface area contributed by atoms with Gasteiger partial charge in [0.05, 0.1) is 12.7 Å². The fourth-order valence-electron chi connectivity index (χ4n) is 1.29. The van der Waals surface area contributed by atoms with Crippen LogP contribution in [0.3, 0.4) is 0 Å². The summed E-state index contributed by atoms with van der Waals surface area (Å²) < 4.78 is 0. The van der Waals surface area contributed by atoms with E-state index in [0.717, 1.165) is 12.8 Å². The highest BCUT2D eigenvalue weighted by atomic mass is 16.2. The first-order valence-corrected chi connectivity index (χ1v) is 4.20. The first-order valence-electron chi connectivity index (χ1n) is 4.20. The molecule has 0 aliphatic carbocycles. The maximum atomic E-state index is 10.8. The number of rotatable bonds is 4. The molecule has 1 aliphatic rings. The standard InChI is InChI=1S/C7H16N4O/c8-2-1-5(9)3-6-10-4-7(12)11-6/h5-6,10H,1-4,8-9H2,(H,11,12). The quantitative estimate of drug-likeness (QED) is 0.398. The van der Waals surface area contributed by atoms with Gasteiger partial charge in [-0.15, -0.1) is 0 Å². The monoisotopic (exact) mass is 172 g/mol. The average molecular weight is 172 g/mol. The second-order valence-corrected chi connectivity index (χ2v) is 3.07. The summed E-state index contributed by atoms with van der Waals surface area (Å²) in [4.78, 5) is 10.8. The number of nitrogens with one attached hydrogen (secondary N) is 2. The van der Waals surface area contributed by atoms with E-state index in [1.807, 2.05) is 0 Å². The second-order valence-electron chi connectivity index (χ2n) is 3.07. The van der Waals surface area contributed by atoms with Crippen LogP contribution in [-0.4, -0.2) is 31.2 Å². The molecule has 0 aromatic rings. The Morgan fingerprint density at radius 1 is 1.67 bits per heavy atom. The van der Waals surface area contributed by atoms with Crippen LogP contribution in [0.25, 0.3) is 0 Å². The van der Waals surface area contributed by atoms with E-state index in [1.165, 1.54) is 0 Å². The Balaban J connectivity index is 2.18. The van der Waals surface area contributed by atoms with E-state index in [1.54, 1.807) is 0 Å². The molecule has 0 saturated carbocycles. The van der Waals surface area contributed by atoms with Gasteiger partial charge in [-0.25, -0.2) is 0 Å². The minimum Gasteiger partial charge on any atom is -0.340 e. The van der Waals surface area contributed by atoms with Crippen LogP contribution in [0.1, 0.15) is 12.8 Å². The Morgan fingerprint density at radius 2 is 2.42 bits per heavy atom. The summed E-state index contributed by atoms with van der Waals surface area (Å²) in [5, 5.41) is 5.79. The van der Waals surface area contributed by atoms with Gasteiger partial charge in [0.1, 0.15) is 0 Å². The minimum atomic E-state index is 0.0408. The Labute approximate surface area is 71.9 Å². The maximum Gasteiger partial charge on any atom is 0.235 e. The highest BCUT2D eigenvalue weighted by Crippen LogP contribution is 1.99. The molecule has 1 rings (SSSR count). The number of hydrogen-bond acceptors (Lipinski definition) is 4. The molecule has 0 aromatic carbocycles. The Morgan fingerprint density at radius 3 is 2.92 bits per heavy atom. The van der Waals surface area contributed by atoms with Gasteiger partial charge >= 0.3 is 0 Å². The molecule has 12 heavy (non-hydrogen) atoms. The molecule has 0 radical (unpaired) electrons. The van der Waals surface area contributed by atoms with Gasteiger partial charge in [0, 0.05) is 6.04 Å². The average Bonchev–Trinajstić information content (AvgIpc) is 2.36. The third kappa shape index (κ3) is 2.77. The van der Waals surface area contributed by atoms with E-state index < -0.39 is 0 Å². The van der Waals surface area contributed by atoms with Gasteiger partial charge in [0.2, 0.25) is 5.91 Å². The molecule has 5 heteroatoms. The number of hydrogen-bond donors (Lipinski definition) is 4. The van der Waals surface area contributed by atoms with Gasteiger partial charge in [0.15, 0.2) is 0 Å². The van der Waals surface area contributed by atoms with Crippen LogP contribution in [-0.2, 0) is 4.79 Å². The van der Waals surface area contributed by atoms with E-state index in [0.29, 0.717) is 13.1 Å². The molecule has 0 aromatic heterocycles. The summed E-state index contributed by atoms with van der Waals surface area (Å²) in [5.74, 6) is 0.0416. The van der Waals surface area contributed by atoms with E-state index in [2.05, 4.69) is 10.6 Å². The first kappa shape index (κ1) is 9.44. The first-order chi connectivity index (χ1) is 5.72. The lowest BCUT2D eigenvalue weighted by Gasteiger charge is -2.15. The SMILES string of the molecule is NCCC(N)CC1NCC(=O)N1. The van der Waals surface area contributed by atoms with Gasteiger partial charge in [-0.2, -0.15) is 0 Å². The molecule has 1 aliphatic heterocycles. The molecular formula is C7H16N4O. The van der Waals surface area contributed by atoms with E-state index >= 15 is 0 Å². The predicted molar refractivity (Wildman–Crippen MR) is 46.2 cm³/mol. The molecular weight excluding hydrogens is 156 g/mol. The third-order valence-corrected chi connectivity index (χ3v) is 1.92. The van der Waals surface area contributed by atoms with Crippen molar-refractivity contribution in [1.29, 1.82) is 0 Å². The zero-order chi connectivity index (χ0) is 8.97. The lowest BCUT2D eigenvalue weighted by atomic mass is 10.1. The third-order valence-electron chi connectivity index (χ3n) is 1.92. The van der Waals surface area contributed by atoms with E-state index in [-0.39, 0.29) is 18.1 Å². The molecule has 0 bridgehead atoms. The second kappa shape index (κ2) is 4.39.